The van der Waals surface area contributed by atoms with Crippen LogP contribution in [0.2, 0.25) is 0 Å². The van der Waals surface area contributed by atoms with Gasteiger partial charge in [0.25, 0.3) is 0 Å². The molecule has 2 aromatic carbocycles. The topological polar surface area (TPSA) is 68.3 Å². The second kappa shape index (κ2) is 8.41. The zero-order valence-electron chi connectivity index (χ0n) is 12.7. The summed E-state index contributed by atoms with van der Waals surface area (Å²) in [6, 6.07) is 13.1. The zero-order chi connectivity index (χ0) is 17.8. The normalized spacial score (nSPS) is 12.2. The van der Waals surface area contributed by atoms with Crippen LogP contribution in [0.15, 0.2) is 58.3 Å². The Morgan fingerprint density at radius 3 is 1.17 bits per heavy atom. The van der Waals surface area contributed by atoms with Gasteiger partial charge in [-0.25, -0.2) is 16.8 Å². The summed E-state index contributed by atoms with van der Waals surface area (Å²) >= 11 is 0. The van der Waals surface area contributed by atoms with Crippen LogP contribution in [0.5, 0.6) is 0 Å². The Labute approximate surface area is 156 Å². The summed E-state index contributed by atoms with van der Waals surface area (Å²) in [4.78, 5) is 0.412. The average molecular weight is 439 g/mol. The quantitative estimate of drug-likeness (QED) is 0.439. The molecule has 2 aromatic rings. The number of hydrogen-bond donors (Lipinski definition) is 0. The highest BCUT2D eigenvalue weighted by atomic mass is 33.9. The number of benzene rings is 2. The summed E-state index contributed by atoms with van der Waals surface area (Å²) in [5.41, 5.74) is 1.95. The van der Waals surface area contributed by atoms with E-state index in [1.807, 2.05) is 13.8 Å². The molecule has 24 heavy (non-hydrogen) atoms. The molecule has 0 N–H and O–H groups in total. The van der Waals surface area contributed by atoms with Crippen LogP contribution in [0.1, 0.15) is 11.1 Å². The predicted molar refractivity (Wildman–Crippen MR) is 107 cm³/mol. The van der Waals surface area contributed by atoms with Gasteiger partial charge in [-0.3, -0.25) is 0 Å². The summed E-state index contributed by atoms with van der Waals surface area (Å²) in [5.74, 6) is 0. The highest BCUT2D eigenvalue weighted by Crippen LogP contribution is 2.50. The van der Waals surface area contributed by atoms with Crippen LogP contribution in [0.4, 0.5) is 0 Å². The maximum atomic E-state index is 12.1. The molecule has 10 heteroatoms. The van der Waals surface area contributed by atoms with Gasteiger partial charge >= 0.3 is 0 Å². The van der Waals surface area contributed by atoms with Gasteiger partial charge in [-0.1, -0.05) is 35.4 Å². The van der Waals surface area contributed by atoms with Gasteiger partial charge in [0, 0.05) is 19.7 Å². The molecule has 0 aliphatic heterocycles. The fourth-order valence-corrected chi connectivity index (χ4v) is 16.6. The SMILES string of the molecule is Cc1ccc(S(=O)(=O)SSSSS(=O)(=O)c2ccc(C)cc2)cc1. The van der Waals surface area contributed by atoms with Crippen LogP contribution in [0.3, 0.4) is 0 Å². The highest BCUT2D eigenvalue weighted by molar-refractivity contribution is 9.40. The third-order valence-corrected chi connectivity index (χ3v) is 17.1. The Morgan fingerprint density at radius 1 is 0.583 bits per heavy atom. The highest BCUT2D eigenvalue weighted by Gasteiger charge is 2.19. The molecule has 0 saturated heterocycles. The van der Waals surface area contributed by atoms with Crippen LogP contribution in [0.25, 0.3) is 0 Å². The van der Waals surface area contributed by atoms with Crippen molar-refractivity contribution in [2.45, 2.75) is 23.6 Å². The van der Waals surface area contributed by atoms with Crippen LogP contribution >= 0.6 is 39.3 Å². The lowest BCUT2D eigenvalue weighted by Gasteiger charge is -2.04. The molecular formula is C14H14O4S6. The molecule has 4 nitrogen and oxygen atoms in total. The summed E-state index contributed by atoms with van der Waals surface area (Å²) < 4.78 is 48.6. The van der Waals surface area contributed by atoms with Gasteiger partial charge < -0.3 is 0 Å². The first-order chi connectivity index (χ1) is 11.2. The van der Waals surface area contributed by atoms with Crippen LogP contribution in [-0.4, -0.2) is 16.8 Å². The van der Waals surface area contributed by atoms with Crippen molar-refractivity contribution in [2.75, 3.05) is 0 Å². The number of rotatable bonds is 7. The molecule has 0 amide bonds. The van der Waals surface area contributed by atoms with Gasteiger partial charge in [-0.15, -0.1) is 0 Å². The Morgan fingerprint density at radius 2 is 0.875 bits per heavy atom. The monoisotopic (exact) mass is 438 g/mol. The van der Waals surface area contributed by atoms with Gasteiger partial charge in [0.15, 0.2) is 0 Å². The second-order valence-corrected chi connectivity index (χ2v) is 17.3. The lowest BCUT2D eigenvalue weighted by atomic mass is 10.2. The van der Waals surface area contributed by atoms with E-state index < -0.39 is 17.7 Å². The van der Waals surface area contributed by atoms with Crippen molar-refractivity contribution in [1.29, 1.82) is 0 Å². The van der Waals surface area contributed by atoms with E-state index in [1.165, 1.54) is 0 Å². The van der Waals surface area contributed by atoms with E-state index in [2.05, 4.69) is 0 Å². The van der Waals surface area contributed by atoms with Gasteiger partial charge in [0.05, 0.1) is 29.4 Å². The minimum Gasteiger partial charge on any atom is -0.211 e. The fourth-order valence-electron chi connectivity index (χ4n) is 1.58. The zero-order valence-corrected chi connectivity index (χ0v) is 17.6. The third-order valence-electron chi connectivity index (χ3n) is 2.88. The summed E-state index contributed by atoms with van der Waals surface area (Å²) in [5, 5.41) is 0. The Kier molecular flexibility index (Phi) is 7.03. The van der Waals surface area contributed by atoms with Crippen molar-refractivity contribution in [1.82, 2.24) is 0 Å². The molecule has 0 saturated carbocycles. The lowest BCUT2D eigenvalue weighted by molar-refractivity contribution is 0.609. The van der Waals surface area contributed by atoms with Crippen molar-refractivity contribution in [3.05, 3.63) is 59.7 Å². The van der Waals surface area contributed by atoms with Gasteiger partial charge in [0.1, 0.15) is 0 Å². The maximum Gasteiger partial charge on any atom is 0.240 e. The molecule has 0 bridgehead atoms. The van der Waals surface area contributed by atoms with E-state index in [0.29, 0.717) is 19.7 Å². The standard InChI is InChI=1S/C14H14O4S6/c1-11-3-7-13(8-4-11)23(15,16)21-19-20-22-24(17,18)14-9-5-12(2)6-10-14/h3-10H,1-2H3. The first kappa shape index (κ1) is 20.1. The van der Waals surface area contributed by atoms with Gasteiger partial charge in [0.2, 0.25) is 17.7 Å². The maximum absolute atomic E-state index is 12.1. The first-order valence-corrected chi connectivity index (χ1v) is 15.4. The van der Waals surface area contributed by atoms with E-state index in [1.54, 1.807) is 48.5 Å². The first-order valence-electron chi connectivity index (χ1n) is 6.55. The van der Waals surface area contributed by atoms with Gasteiger partial charge in [-0.05, 0) is 38.1 Å². The molecule has 0 radical (unpaired) electrons. The molecule has 0 aromatic heterocycles. The Hall–Kier alpha value is -0.260. The average Bonchev–Trinajstić information content (AvgIpc) is 2.52. The van der Waals surface area contributed by atoms with E-state index >= 15 is 0 Å². The minimum atomic E-state index is -3.51. The van der Waals surface area contributed by atoms with Crippen LogP contribution in [0, 0.1) is 13.8 Å². The Balaban J connectivity index is 1.92. The molecule has 0 aliphatic carbocycles. The molecule has 0 fully saturated rings. The van der Waals surface area contributed by atoms with Crippen molar-refractivity contribution in [3.8, 4) is 0 Å². The third kappa shape index (κ3) is 5.63. The molecule has 0 unspecified atom stereocenters. The second-order valence-electron chi connectivity index (χ2n) is 4.81. The van der Waals surface area contributed by atoms with Crippen molar-refractivity contribution >= 4 is 57.0 Å². The molecule has 0 spiro atoms. The number of hydrogen-bond acceptors (Lipinski definition) is 8. The van der Waals surface area contributed by atoms with E-state index in [0.717, 1.165) is 30.8 Å². The largest absolute Gasteiger partial charge is 0.240 e. The van der Waals surface area contributed by atoms with E-state index in [-0.39, 0.29) is 9.79 Å². The van der Waals surface area contributed by atoms with Crippen molar-refractivity contribution < 1.29 is 16.8 Å². The predicted octanol–water partition coefficient (Wildman–Crippen LogP) is 5.06. The molecule has 2 rings (SSSR count). The van der Waals surface area contributed by atoms with E-state index in [4.69, 9.17) is 0 Å². The van der Waals surface area contributed by atoms with Gasteiger partial charge in [-0.2, -0.15) is 0 Å². The van der Waals surface area contributed by atoms with Crippen molar-refractivity contribution in [2.24, 2.45) is 0 Å². The molecule has 0 atom stereocenters. The fraction of sp³-hybridized carbons (Fsp3) is 0.143. The van der Waals surface area contributed by atoms with Crippen LogP contribution < -0.4 is 0 Å². The summed E-state index contributed by atoms with van der Waals surface area (Å²) in [6.45, 7) is 3.75. The molecule has 0 heterocycles. The van der Waals surface area contributed by atoms with Crippen molar-refractivity contribution in [3.63, 3.8) is 0 Å². The summed E-state index contributed by atoms with van der Waals surface area (Å²) in [6.07, 6.45) is 0. The Bertz CT molecular complexity index is 810. The summed E-state index contributed by atoms with van der Waals surface area (Å²) in [7, 11) is -3.92. The number of aryl methyl sites for hydroxylation is 2. The molecular weight excluding hydrogens is 425 g/mol. The lowest BCUT2D eigenvalue weighted by Crippen LogP contribution is -1.93. The molecule has 130 valence electrons. The van der Waals surface area contributed by atoms with Crippen LogP contribution in [-0.2, 0) is 17.7 Å². The molecule has 0 aliphatic rings. The van der Waals surface area contributed by atoms with E-state index in [9.17, 15) is 16.8 Å². The smallest absolute Gasteiger partial charge is 0.211 e. The minimum absolute atomic E-state index is 0.206.